The van der Waals surface area contributed by atoms with E-state index in [1.54, 1.807) is 19.1 Å². The Morgan fingerprint density at radius 1 is 1.20 bits per heavy atom. The number of ether oxygens (including phenoxy) is 1. The minimum Gasteiger partial charge on any atom is -0.494 e. The van der Waals surface area contributed by atoms with Crippen molar-refractivity contribution in [3.63, 3.8) is 0 Å². The molecule has 0 spiro atoms. The topological polar surface area (TPSA) is 75.7 Å². The van der Waals surface area contributed by atoms with Crippen molar-refractivity contribution in [3.05, 3.63) is 23.3 Å². The van der Waals surface area contributed by atoms with Crippen molar-refractivity contribution in [1.29, 1.82) is 0 Å². The van der Waals surface area contributed by atoms with E-state index in [9.17, 15) is 13.2 Å². The summed E-state index contributed by atoms with van der Waals surface area (Å²) in [6.45, 7) is 9.31. The normalized spacial score (nSPS) is 16.6. The SMILES string of the molecule is CCNC(=O)C1CCN(S(=O)(=O)c2cc(C)c(OCC)cc2C)CC1. The summed E-state index contributed by atoms with van der Waals surface area (Å²) in [7, 11) is -3.56. The predicted molar refractivity (Wildman–Crippen MR) is 97.3 cm³/mol. The highest BCUT2D eigenvalue weighted by Gasteiger charge is 2.33. The van der Waals surface area contributed by atoms with Crippen LogP contribution in [0.4, 0.5) is 0 Å². The van der Waals surface area contributed by atoms with E-state index in [0.29, 0.717) is 55.3 Å². The number of rotatable bonds is 6. The highest BCUT2D eigenvalue weighted by molar-refractivity contribution is 7.89. The van der Waals surface area contributed by atoms with Crippen molar-refractivity contribution in [2.45, 2.75) is 45.4 Å². The third kappa shape index (κ3) is 4.33. The van der Waals surface area contributed by atoms with E-state index >= 15 is 0 Å². The number of sulfonamides is 1. The molecule has 7 heteroatoms. The van der Waals surface area contributed by atoms with Gasteiger partial charge in [0.1, 0.15) is 5.75 Å². The average molecular weight is 368 g/mol. The molecule has 0 aliphatic carbocycles. The zero-order chi connectivity index (χ0) is 18.6. The van der Waals surface area contributed by atoms with Crippen LogP contribution in [0.15, 0.2) is 17.0 Å². The number of amides is 1. The van der Waals surface area contributed by atoms with Crippen LogP contribution in [-0.4, -0.2) is 44.9 Å². The lowest BCUT2D eigenvalue weighted by Crippen LogP contribution is -2.43. The summed E-state index contributed by atoms with van der Waals surface area (Å²) >= 11 is 0. The maximum atomic E-state index is 13.0. The molecule has 1 amide bonds. The van der Waals surface area contributed by atoms with Gasteiger partial charge in [-0.1, -0.05) is 0 Å². The van der Waals surface area contributed by atoms with Gasteiger partial charge in [0.2, 0.25) is 15.9 Å². The Kier molecular flexibility index (Phi) is 6.46. The number of benzene rings is 1. The van der Waals surface area contributed by atoms with E-state index < -0.39 is 10.0 Å². The van der Waals surface area contributed by atoms with Crippen molar-refractivity contribution in [2.24, 2.45) is 5.92 Å². The molecule has 1 fully saturated rings. The van der Waals surface area contributed by atoms with Gasteiger partial charge in [-0.25, -0.2) is 8.42 Å². The number of hydrogen-bond acceptors (Lipinski definition) is 4. The van der Waals surface area contributed by atoms with Gasteiger partial charge in [-0.2, -0.15) is 4.31 Å². The lowest BCUT2D eigenvalue weighted by molar-refractivity contribution is -0.126. The molecule has 1 aromatic rings. The molecular formula is C18H28N2O4S. The molecule has 0 atom stereocenters. The predicted octanol–water partition coefficient (Wildman–Crippen LogP) is 2.24. The maximum Gasteiger partial charge on any atom is 0.243 e. The molecule has 1 aliphatic heterocycles. The third-order valence-electron chi connectivity index (χ3n) is 4.57. The first-order chi connectivity index (χ1) is 11.8. The van der Waals surface area contributed by atoms with Gasteiger partial charge in [-0.3, -0.25) is 4.79 Å². The summed E-state index contributed by atoms with van der Waals surface area (Å²) < 4.78 is 33.1. The third-order valence-corrected chi connectivity index (χ3v) is 6.61. The van der Waals surface area contributed by atoms with Crippen LogP contribution in [0, 0.1) is 19.8 Å². The van der Waals surface area contributed by atoms with Gasteiger partial charge in [0.05, 0.1) is 11.5 Å². The molecule has 25 heavy (non-hydrogen) atoms. The Balaban J connectivity index is 2.17. The van der Waals surface area contributed by atoms with Crippen LogP contribution in [0.2, 0.25) is 0 Å². The fraction of sp³-hybridized carbons (Fsp3) is 0.611. The van der Waals surface area contributed by atoms with Crippen LogP contribution in [0.25, 0.3) is 0 Å². The van der Waals surface area contributed by atoms with Crippen LogP contribution >= 0.6 is 0 Å². The van der Waals surface area contributed by atoms with Gasteiger partial charge in [0.25, 0.3) is 0 Å². The Morgan fingerprint density at radius 3 is 2.40 bits per heavy atom. The van der Waals surface area contributed by atoms with E-state index in [1.807, 2.05) is 20.8 Å². The number of aryl methyl sites for hydroxylation is 2. The van der Waals surface area contributed by atoms with Crippen LogP contribution < -0.4 is 10.1 Å². The summed E-state index contributed by atoms with van der Waals surface area (Å²) in [5.41, 5.74) is 1.49. The van der Waals surface area contributed by atoms with E-state index in [1.165, 1.54) is 4.31 Å². The maximum absolute atomic E-state index is 13.0. The van der Waals surface area contributed by atoms with Gasteiger partial charge >= 0.3 is 0 Å². The van der Waals surface area contributed by atoms with Crippen molar-refractivity contribution < 1.29 is 17.9 Å². The molecule has 6 nitrogen and oxygen atoms in total. The summed E-state index contributed by atoms with van der Waals surface area (Å²) in [6.07, 6.45) is 1.11. The van der Waals surface area contributed by atoms with Crippen molar-refractivity contribution in [3.8, 4) is 5.75 Å². The van der Waals surface area contributed by atoms with Gasteiger partial charge in [-0.05, 0) is 63.8 Å². The van der Waals surface area contributed by atoms with Gasteiger partial charge in [0.15, 0.2) is 0 Å². The zero-order valence-electron chi connectivity index (χ0n) is 15.5. The first kappa shape index (κ1) is 19.7. The number of carbonyl (C=O) groups excluding carboxylic acids is 1. The molecule has 1 aliphatic rings. The molecule has 1 aromatic carbocycles. The number of hydrogen-bond donors (Lipinski definition) is 1. The number of carbonyl (C=O) groups is 1. The van der Waals surface area contributed by atoms with E-state index in [0.717, 1.165) is 5.56 Å². The average Bonchev–Trinajstić information content (AvgIpc) is 2.58. The first-order valence-electron chi connectivity index (χ1n) is 8.83. The molecule has 0 unspecified atom stereocenters. The molecule has 0 bridgehead atoms. The fourth-order valence-corrected chi connectivity index (χ4v) is 4.93. The highest BCUT2D eigenvalue weighted by Crippen LogP contribution is 2.30. The smallest absolute Gasteiger partial charge is 0.243 e. The molecule has 1 N–H and O–H groups in total. The molecule has 0 radical (unpaired) electrons. The second-order valence-corrected chi connectivity index (χ2v) is 8.30. The summed E-state index contributed by atoms with van der Waals surface area (Å²) in [5, 5.41) is 2.81. The van der Waals surface area contributed by atoms with E-state index in [4.69, 9.17) is 4.74 Å². The molecule has 0 aromatic heterocycles. The summed E-state index contributed by atoms with van der Waals surface area (Å²) in [6, 6.07) is 3.47. The molecule has 140 valence electrons. The quantitative estimate of drug-likeness (QED) is 0.835. The Hall–Kier alpha value is -1.60. The van der Waals surface area contributed by atoms with Crippen LogP contribution in [0.3, 0.4) is 0 Å². The summed E-state index contributed by atoms with van der Waals surface area (Å²) in [4.78, 5) is 12.3. The van der Waals surface area contributed by atoms with E-state index in [2.05, 4.69) is 5.32 Å². The molecule has 1 saturated heterocycles. The van der Waals surface area contributed by atoms with Crippen LogP contribution in [-0.2, 0) is 14.8 Å². The Labute approximate surface area is 150 Å². The van der Waals surface area contributed by atoms with Crippen molar-refractivity contribution >= 4 is 15.9 Å². The van der Waals surface area contributed by atoms with Crippen molar-refractivity contribution in [2.75, 3.05) is 26.2 Å². The van der Waals surface area contributed by atoms with E-state index in [-0.39, 0.29) is 11.8 Å². The fourth-order valence-electron chi connectivity index (χ4n) is 3.17. The molecular weight excluding hydrogens is 340 g/mol. The monoisotopic (exact) mass is 368 g/mol. The Bertz CT molecular complexity index is 723. The lowest BCUT2D eigenvalue weighted by Gasteiger charge is -2.31. The number of nitrogens with one attached hydrogen (secondary N) is 1. The summed E-state index contributed by atoms with van der Waals surface area (Å²) in [5.74, 6) is 0.635. The molecule has 0 saturated carbocycles. The first-order valence-corrected chi connectivity index (χ1v) is 10.3. The largest absolute Gasteiger partial charge is 0.494 e. The van der Waals surface area contributed by atoms with Gasteiger partial charge < -0.3 is 10.1 Å². The second kappa shape index (κ2) is 8.19. The zero-order valence-corrected chi connectivity index (χ0v) is 16.3. The minimum absolute atomic E-state index is 0.0210. The Morgan fingerprint density at radius 2 is 1.84 bits per heavy atom. The standard InChI is InChI=1S/C18H28N2O4S/c1-5-19-18(21)15-7-9-20(10-8-15)25(22,23)17-12-13(3)16(24-6-2)11-14(17)4/h11-12,15H,5-10H2,1-4H3,(H,19,21). The number of nitrogens with zero attached hydrogens (tertiary/aromatic N) is 1. The molecule has 1 heterocycles. The van der Waals surface area contributed by atoms with Crippen LogP contribution in [0.1, 0.15) is 37.8 Å². The molecule has 2 rings (SSSR count). The number of piperidine rings is 1. The second-order valence-electron chi connectivity index (χ2n) is 6.39. The van der Waals surface area contributed by atoms with Crippen LogP contribution in [0.5, 0.6) is 5.75 Å². The van der Waals surface area contributed by atoms with Crippen molar-refractivity contribution in [1.82, 2.24) is 9.62 Å². The van der Waals surface area contributed by atoms with Gasteiger partial charge in [-0.15, -0.1) is 0 Å². The van der Waals surface area contributed by atoms with Gasteiger partial charge in [0, 0.05) is 25.6 Å². The minimum atomic E-state index is -3.56. The lowest BCUT2D eigenvalue weighted by atomic mass is 9.97. The highest BCUT2D eigenvalue weighted by atomic mass is 32.2.